The summed E-state index contributed by atoms with van der Waals surface area (Å²) in [7, 11) is -2.31. The summed E-state index contributed by atoms with van der Waals surface area (Å²) in [6, 6.07) is 10.2. The minimum Gasteiger partial charge on any atom is -0.496 e. The molecule has 1 fully saturated rings. The van der Waals surface area contributed by atoms with Crippen molar-refractivity contribution in [3.63, 3.8) is 0 Å². The number of hydrogen-bond donors (Lipinski definition) is 1. The van der Waals surface area contributed by atoms with Crippen LogP contribution in [0.25, 0.3) is 0 Å². The van der Waals surface area contributed by atoms with Gasteiger partial charge in [-0.3, -0.25) is 9.52 Å². The van der Waals surface area contributed by atoms with Crippen LogP contribution in [0.15, 0.2) is 41.3 Å². The second kappa shape index (κ2) is 9.08. The van der Waals surface area contributed by atoms with Gasteiger partial charge in [-0.05, 0) is 67.5 Å². The molecule has 6 nitrogen and oxygen atoms in total. The Labute approximate surface area is 179 Å². The normalized spacial score (nSPS) is 14.6. The number of piperidine rings is 1. The number of sulfonamides is 1. The highest BCUT2D eigenvalue weighted by Crippen LogP contribution is 2.33. The van der Waals surface area contributed by atoms with E-state index in [1.165, 1.54) is 0 Å². The Morgan fingerprint density at radius 2 is 1.77 bits per heavy atom. The summed E-state index contributed by atoms with van der Waals surface area (Å²) < 4.78 is 34.6. The number of hydrogen-bond acceptors (Lipinski definition) is 4. The maximum absolute atomic E-state index is 13.3. The van der Waals surface area contributed by atoms with Crippen molar-refractivity contribution in [3.8, 4) is 5.75 Å². The highest BCUT2D eigenvalue weighted by atomic mass is 32.2. The minimum atomic E-state index is -3.89. The van der Waals surface area contributed by atoms with E-state index in [9.17, 15) is 13.2 Å². The Morgan fingerprint density at radius 1 is 1.10 bits per heavy atom. The second-order valence-electron chi connectivity index (χ2n) is 8.02. The third-order valence-electron chi connectivity index (χ3n) is 5.48. The first-order valence-corrected chi connectivity index (χ1v) is 11.8. The van der Waals surface area contributed by atoms with Gasteiger partial charge in [0.25, 0.3) is 15.9 Å². The number of anilines is 1. The molecule has 0 radical (unpaired) electrons. The number of ether oxygens (including phenoxy) is 1. The molecule has 162 valence electrons. The first kappa shape index (κ1) is 22.2. The number of amides is 1. The summed E-state index contributed by atoms with van der Waals surface area (Å²) in [5.41, 5.74) is 2.08. The lowest BCUT2D eigenvalue weighted by Gasteiger charge is -2.27. The van der Waals surface area contributed by atoms with Crippen molar-refractivity contribution < 1.29 is 17.9 Å². The number of methoxy groups -OCH3 is 1. The molecule has 0 saturated carbocycles. The minimum absolute atomic E-state index is 0.0995. The predicted molar refractivity (Wildman–Crippen MR) is 119 cm³/mol. The number of nitrogens with zero attached hydrogens (tertiary/aromatic N) is 1. The summed E-state index contributed by atoms with van der Waals surface area (Å²) >= 11 is 0. The zero-order chi connectivity index (χ0) is 21.9. The van der Waals surface area contributed by atoms with E-state index in [1.807, 2.05) is 13.8 Å². The fourth-order valence-electron chi connectivity index (χ4n) is 3.82. The third kappa shape index (κ3) is 4.61. The predicted octanol–water partition coefficient (Wildman–Crippen LogP) is 4.55. The topological polar surface area (TPSA) is 75.7 Å². The molecule has 0 bridgehead atoms. The molecule has 1 aliphatic heterocycles. The van der Waals surface area contributed by atoms with Crippen LogP contribution in [0.3, 0.4) is 0 Å². The Kier molecular flexibility index (Phi) is 6.71. The van der Waals surface area contributed by atoms with Gasteiger partial charge in [0.2, 0.25) is 0 Å². The van der Waals surface area contributed by atoms with Crippen LogP contribution in [-0.2, 0) is 10.0 Å². The van der Waals surface area contributed by atoms with Crippen molar-refractivity contribution in [1.82, 2.24) is 4.90 Å². The Bertz CT molecular complexity index is 1030. The molecule has 3 rings (SSSR count). The second-order valence-corrected chi connectivity index (χ2v) is 9.67. The van der Waals surface area contributed by atoms with Crippen molar-refractivity contribution >= 4 is 21.6 Å². The number of rotatable bonds is 6. The average molecular weight is 431 g/mol. The number of carbonyl (C=O) groups excluding carboxylic acids is 1. The molecule has 0 atom stereocenters. The van der Waals surface area contributed by atoms with Gasteiger partial charge in [-0.1, -0.05) is 26.0 Å². The van der Waals surface area contributed by atoms with E-state index in [-0.39, 0.29) is 16.7 Å². The highest BCUT2D eigenvalue weighted by Gasteiger charge is 2.25. The van der Waals surface area contributed by atoms with Crippen molar-refractivity contribution in [2.45, 2.75) is 50.8 Å². The van der Waals surface area contributed by atoms with Gasteiger partial charge >= 0.3 is 0 Å². The maximum atomic E-state index is 13.3. The molecule has 2 aromatic carbocycles. The van der Waals surface area contributed by atoms with Crippen molar-refractivity contribution in [3.05, 3.63) is 53.1 Å². The molecule has 1 saturated heterocycles. The number of aryl methyl sites for hydroxylation is 1. The van der Waals surface area contributed by atoms with E-state index in [0.29, 0.717) is 35.7 Å². The lowest BCUT2D eigenvalue weighted by molar-refractivity contribution is 0.0725. The van der Waals surface area contributed by atoms with Crippen molar-refractivity contribution in [2.75, 3.05) is 24.9 Å². The molecule has 0 spiro atoms. The SMILES string of the molecule is COc1cc(C)c(S(=O)(=O)Nc2ccccc2C(=O)N2CCCCC2)cc1C(C)C. The number of carbonyl (C=O) groups is 1. The summed E-state index contributed by atoms with van der Waals surface area (Å²) in [4.78, 5) is 15.0. The summed E-state index contributed by atoms with van der Waals surface area (Å²) in [6.07, 6.45) is 3.07. The molecule has 1 N–H and O–H groups in total. The molecule has 2 aromatic rings. The fourth-order valence-corrected chi connectivity index (χ4v) is 5.16. The Morgan fingerprint density at radius 3 is 2.40 bits per heavy atom. The van der Waals surface area contributed by atoms with Crippen LogP contribution in [-0.4, -0.2) is 39.4 Å². The third-order valence-corrected chi connectivity index (χ3v) is 6.99. The van der Waals surface area contributed by atoms with E-state index in [4.69, 9.17) is 4.74 Å². The van der Waals surface area contributed by atoms with Gasteiger partial charge in [-0.2, -0.15) is 0 Å². The fraction of sp³-hybridized carbons (Fsp3) is 0.435. The van der Waals surface area contributed by atoms with Crippen LogP contribution in [0.1, 0.15) is 60.5 Å². The van der Waals surface area contributed by atoms with Crippen LogP contribution < -0.4 is 9.46 Å². The number of para-hydroxylation sites is 1. The molecular weight excluding hydrogens is 400 g/mol. The molecule has 30 heavy (non-hydrogen) atoms. The molecule has 0 unspecified atom stereocenters. The maximum Gasteiger partial charge on any atom is 0.262 e. The van der Waals surface area contributed by atoms with Crippen molar-refractivity contribution in [1.29, 1.82) is 0 Å². The van der Waals surface area contributed by atoms with Crippen LogP contribution in [0.5, 0.6) is 5.75 Å². The summed E-state index contributed by atoms with van der Waals surface area (Å²) in [6.45, 7) is 7.13. The van der Waals surface area contributed by atoms with Crippen LogP contribution in [0.4, 0.5) is 5.69 Å². The highest BCUT2D eigenvalue weighted by molar-refractivity contribution is 7.92. The molecular formula is C23H30N2O4S. The van der Waals surface area contributed by atoms with Gasteiger partial charge in [0.1, 0.15) is 5.75 Å². The standard InChI is InChI=1S/C23H30N2O4S/c1-16(2)19-15-22(17(3)14-21(19)29-4)30(27,28)24-20-11-7-6-10-18(20)23(26)25-12-8-5-9-13-25/h6-7,10-11,14-16,24H,5,8-9,12-13H2,1-4H3. The number of benzene rings is 2. The van der Waals surface area contributed by atoms with Gasteiger partial charge in [0, 0.05) is 13.1 Å². The monoisotopic (exact) mass is 430 g/mol. The summed E-state index contributed by atoms with van der Waals surface area (Å²) in [5.74, 6) is 0.631. The van der Waals surface area contributed by atoms with E-state index in [2.05, 4.69) is 4.72 Å². The van der Waals surface area contributed by atoms with E-state index >= 15 is 0 Å². The van der Waals surface area contributed by atoms with Crippen molar-refractivity contribution in [2.24, 2.45) is 0 Å². The zero-order valence-corrected chi connectivity index (χ0v) is 18.9. The lowest BCUT2D eigenvalue weighted by atomic mass is 10.0. The molecule has 0 aromatic heterocycles. The van der Waals surface area contributed by atoms with Crippen LogP contribution in [0, 0.1) is 6.92 Å². The smallest absolute Gasteiger partial charge is 0.262 e. The molecule has 7 heteroatoms. The first-order valence-electron chi connectivity index (χ1n) is 10.3. The van der Waals surface area contributed by atoms with Gasteiger partial charge in [-0.15, -0.1) is 0 Å². The van der Waals surface area contributed by atoms with E-state index in [0.717, 1.165) is 24.8 Å². The Balaban J connectivity index is 1.97. The van der Waals surface area contributed by atoms with Gasteiger partial charge in [-0.25, -0.2) is 8.42 Å². The molecule has 1 aliphatic rings. The molecule has 1 heterocycles. The quantitative estimate of drug-likeness (QED) is 0.729. The molecule has 0 aliphatic carbocycles. The van der Waals surface area contributed by atoms with Gasteiger partial charge in [0.15, 0.2) is 0 Å². The molecule has 1 amide bonds. The largest absolute Gasteiger partial charge is 0.496 e. The van der Waals surface area contributed by atoms with Crippen LogP contribution >= 0.6 is 0 Å². The summed E-state index contributed by atoms with van der Waals surface area (Å²) in [5, 5.41) is 0. The Hall–Kier alpha value is -2.54. The van der Waals surface area contributed by atoms with Crippen LogP contribution in [0.2, 0.25) is 0 Å². The van der Waals surface area contributed by atoms with Gasteiger partial charge in [0.05, 0.1) is 23.3 Å². The zero-order valence-electron chi connectivity index (χ0n) is 18.1. The van der Waals surface area contributed by atoms with E-state index in [1.54, 1.807) is 55.3 Å². The lowest BCUT2D eigenvalue weighted by Crippen LogP contribution is -2.36. The average Bonchev–Trinajstić information content (AvgIpc) is 2.73. The number of nitrogens with one attached hydrogen (secondary N) is 1. The van der Waals surface area contributed by atoms with E-state index < -0.39 is 10.0 Å². The number of likely N-dealkylation sites (tertiary alicyclic amines) is 1. The van der Waals surface area contributed by atoms with Gasteiger partial charge < -0.3 is 9.64 Å². The first-order chi connectivity index (χ1) is 14.2.